The van der Waals surface area contributed by atoms with Gasteiger partial charge in [-0.1, -0.05) is 18.2 Å². The number of benzene rings is 2. The summed E-state index contributed by atoms with van der Waals surface area (Å²) in [4.78, 5) is 17.9. The number of rotatable bonds is 10. The largest absolute Gasteiger partial charge is 0.489 e. The summed E-state index contributed by atoms with van der Waals surface area (Å²) < 4.78 is 33.4. The number of amides is 1. The Bertz CT molecular complexity index is 1320. The van der Waals surface area contributed by atoms with Crippen LogP contribution in [0, 0.1) is 0 Å². The molecule has 0 atom stereocenters. The first-order chi connectivity index (χ1) is 16.5. The van der Waals surface area contributed by atoms with Crippen LogP contribution in [-0.4, -0.2) is 25.9 Å². The van der Waals surface area contributed by atoms with E-state index in [1.807, 2.05) is 29.6 Å². The van der Waals surface area contributed by atoms with E-state index in [1.54, 1.807) is 48.0 Å². The summed E-state index contributed by atoms with van der Waals surface area (Å²) in [6.07, 6.45) is 4.06. The SMILES string of the molecule is O=C(Nc1cccc(OCc2cccnc2)c1)c1ccc(S(=O)(=O)NCCc2cccs2)cc1. The van der Waals surface area contributed by atoms with Crippen LogP contribution in [0.4, 0.5) is 5.69 Å². The number of anilines is 1. The molecule has 0 aliphatic carbocycles. The number of nitrogens with one attached hydrogen (secondary N) is 2. The van der Waals surface area contributed by atoms with Gasteiger partial charge in [0.25, 0.3) is 5.91 Å². The van der Waals surface area contributed by atoms with E-state index in [-0.39, 0.29) is 10.8 Å². The van der Waals surface area contributed by atoms with Crippen LogP contribution < -0.4 is 14.8 Å². The maximum absolute atomic E-state index is 12.6. The zero-order chi connectivity index (χ0) is 23.8. The zero-order valence-electron chi connectivity index (χ0n) is 18.2. The van der Waals surface area contributed by atoms with Gasteiger partial charge in [-0.3, -0.25) is 9.78 Å². The average molecular weight is 494 g/mol. The van der Waals surface area contributed by atoms with Gasteiger partial charge in [0.2, 0.25) is 10.0 Å². The Morgan fingerprint density at radius 1 is 1.00 bits per heavy atom. The third-order valence-electron chi connectivity index (χ3n) is 4.89. The monoisotopic (exact) mass is 493 g/mol. The highest BCUT2D eigenvalue weighted by atomic mass is 32.2. The number of hydrogen-bond donors (Lipinski definition) is 2. The van der Waals surface area contributed by atoms with Gasteiger partial charge in [-0.15, -0.1) is 11.3 Å². The summed E-state index contributed by atoms with van der Waals surface area (Å²) in [6.45, 7) is 0.673. The number of nitrogens with zero attached hydrogens (tertiary/aromatic N) is 1. The molecule has 0 bridgehead atoms. The molecular formula is C25H23N3O4S2. The van der Waals surface area contributed by atoms with Crippen molar-refractivity contribution in [2.75, 3.05) is 11.9 Å². The molecule has 34 heavy (non-hydrogen) atoms. The third kappa shape index (κ3) is 6.50. The number of aromatic nitrogens is 1. The van der Waals surface area contributed by atoms with Gasteiger partial charge >= 0.3 is 0 Å². The van der Waals surface area contributed by atoms with Crippen molar-refractivity contribution in [3.63, 3.8) is 0 Å². The second-order valence-electron chi connectivity index (χ2n) is 7.38. The molecular weight excluding hydrogens is 470 g/mol. The molecule has 0 saturated carbocycles. The molecule has 0 aliphatic rings. The Morgan fingerprint density at radius 2 is 1.85 bits per heavy atom. The van der Waals surface area contributed by atoms with Gasteiger partial charge in [-0.25, -0.2) is 13.1 Å². The zero-order valence-corrected chi connectivity index (χ0v) is 19.8. The first-order valence-corrected chi connectivity index (χ1v) is 12.9. The molecule has 4 aromatic rings. The normalized spacial score (nSPS) is 11.2. The summed E-state index contributed by atoms with van der Waals surface area (Å²) in [5.74, 6) is 0.260. The van der Waals surface area contributed by atoms with Crippen molar-refractivity contribution in [1.29, 1.82) is 0 Å². The van der Waals surface area contributed by atoms with Crippen molar-refractivity contribution >= 4 is 33.0 Å². The Hall–Kier alpha value is -3.53. The van der Waals surface area contributed by atoms with Crippen LogP contribution in [0.15, 0.2) is 95.5 Å². The lowest BCUT2D eigenvalue weighted by molar-refractivity contribution is 0.102. The van der Waals surface area contributed by atoms with E-state index in [0.717, 1.165) is 10.4 Å². The molecule has 1 amide bonds. The van der Waals surface area contributed by atoms with Crippen molar-refractivity contribution in [2.24, 2.45) is 0 Å². The van der Waals surface area contributed by atoms with E-state index in [1.165, 1.54) is 24.3 Å². The molecule has 2 aromatic heterocycles. The van der Waals surface area contributed by atoms with Gasteiger partial charge in [-0.05, 0) is 60.3 Å². The highest BCUT2D eigenvalue weighted by molar-refractivity contribution is 7.89. The van der Waals surface area contributed by atoms with Crippen molar-refractivity contribution in [3.05, 3.63) is 107 Å². The van der Waals surface area contributed by atoms with Gasteiger partial charge in [-0.2, -0.15) is 0 Å². The van der Waals surface area contributed by atoms with Crippen LogP contribution in [-0.2, 0) is 23.1 Å². The molecule has 0 saturated heterocycles. The van der Waals surface area contributed by atoms with Gasteiger partial charge in [0, 0.05) is 46.7 Å². The van der Waals surface area contributed by atoms with Gasteiger partial charge in [0.1, 0.15) is 12.4 Å². The van der Waals surface area contributed by atoms with E-state index < -0.39 is 10.0 Å². The molecule has 9 heteroatoms. The van der Waals surface area contributed by atoms with Gasteiger partial charge in [0.15, 0.2) is 0 Å². The lowest BCUT2D eigenvalue weighted by Crippen LogP contribution is -2.26. The molecule has 174 valence electrons. The van der Waals surface area contributed by atoms with Crippen molar-refractivity contribution in [1.82, 2.24) is 9.71 Å². The number of pyridine rings is 1. The number of thiophene rings is 1. The summed E-state index contributed by atoms with van der Waals surface area (Å²) >= 11 is 1.59. The molecule has 0 spiro atoms. The molecule has 2 heterocycles. The van der Waals surface area contributed by atoms with Crippen LogP contribution in [0.25, 0.3) is 0 Å². The summed E-state index contributed by atoms with van der Waals surface area (Å²) in [5, 5.41) is 4.77. The lowest BCUT2D eigenvalue weighted by atomic mass is 10.2. The number of ether oxygens (including phenoxy) is 1. The Balaban J connectivity index is 1.33. The fourth-order valence-corrected chi connectivity index (χ4v) is 4.89. The Labute approximate surface area is 202 Å². The molecule has 7 nitrogen and oxygen atoms in total. The van der Waals surface area contributed by atoms with E-state index in [9.17, 15) is 13.2 Å². The number of carbonyl (C=O) groups is 1. The van der Waals surface area contributed by atoms with Gasteiger partial charge in [0.05, 0.1) is 4.90 Å². The number of carbonyl (C=O) groups excluding carboxylic acids is 1. The maximum Gasteiger partial charge on any atom is 0.255 e. The smallest absolute Gasteiger partial charge is 0.255 e. The van der Waals surface area contributed by atoms with E-state index in [0.29, 0.717) is 36.6 Å². The van der Waals surface area contributed by atoms with Crippen LogP contribution in [0.2, 0.25) is 0 Å². The molecule has 0 fully saturated rings. The van der Waals surface area contributed by atoms with Crippen LogP contribution in [0.1, 0.15) is 20.8 Å². The minimum Gasteiger partial charge on any atom is -0.489 e. The van der Waals surface area contributed by atoms with Crippen molar-refractivity contribution in [3.8, 4) is 5.75 Å². The minimum atomic E-state index is -3.65. The van der Waals surface area contributed by atoms with Crippen molar-refractivity contribution in [2.45, 2.75) is 17.9 Å². The molecule has 2 N–H and O–H groups in total. The summed E-state index contributed by atoms with van der Waals surface area (Å²) in [6, 6.07) is 20.6. The predicted octanol–water partition coefficient (Wildman–Crippen LogP) is 4.50. The number of hydrogen-bond acceptors (Lipinski definition) is 6. The minimum absolute atomic E-state index is 0.112. The Morgan fingerprint density at radius 3 is 2.59 bits per heavy atom. The first-order valence-electron chi connectivity index (χ1n) is 10.5. The molecule has 0 unspecified atom stereocenters. The van der Waals surface area contributed by atoms with E-state index >= 15 is 0 Å². The molecule has 0 aliphatic heterocycles. The first kappa shape index (κ1) is 23.6. The molecule has 4 rings (SSSR count). The standard InChI is InChI=1S/C25H23N3O4S2/c29-25(28-21-5-1-6-22(16-21)32-18-19-4-2-13-26-17-19)20-8-10-24(11-9-20)34(30,31)27-14-12-23-7-3-15-33-23/h1-11,13,15-17,27H,12,14,18H2,(H,28,29). The second-order valence-corrected chi connectivity index (χ2v) is 10.2. The lowest BCUT2D eigenvalue weighted by Gasteiger charge is -2.10. The van der Waals surface area contributed by atoms with Crippen LogP contribution >= 0.6 is 11.3 Å². The maximum atomic E-state index is 12.6. The fraction of sp³-hybridized carbons (Fsp3) is 0.120. The topological polar surface area (TPSA) is 97.4 Å². The predicted molar refractivity (Wildman–Crippen MR) is 133 cm³/mol. The summed E-state index contributed by atoms with van der Waals surface area (Å²) in [5.41, 5.74) is 1.85. The molecule has 0 radical (unpaired) electrons. The fourth-order valence-electron chi connectivity index (χ4n) is 3.15. The van der Waals surface area contributed by atoms with E-state index in [4.69, 9.17) is 4.74 Å². The quantitative estimate of drug-likeness (QED) is 0.339. The molecule has 2 aromatic carbocycles. The summed E-state index contributed by atoms with van der Waals surface area (Å²) in [7, 11) is -3.65. The van der Waals surface area contributed by atoms with Gasteiger partial charge < -0.3 is 10.1 Å². The third-order valence-corrected chi connectivity index (χ3v) is 7.30. The Kier molecular flexibility index (Phi) is 7.69. The average Bonchev–Trinajstić information content (AvgIpc) is 3.37. The van der Waals surface area contributed by atoms with E-state index in [2.05, 4.69) is 15.0 Å². The number of sulfonamides is 1. The van der Waals surface area contributed by atoms with Crippen LogP contribution in [0.5, 0.6) is 5.75 Å². The highest BCUT2D eigenvalue weighted by Crippen LogP contribution is 2.20. The second kappa shape index (κ2) is 11.1. The van der Waals surface area contributed by atoms with Crippen molar-refractivity contribution < 1.29 is 17.9 Å². The van der Waals surface area contributed by atoms with Crippen LogP contribution in [0.3, 0.4) is 0 Å². The highest BCUT2D eigenvalue weighted by Gasteiger charge is 2.15.